The van der Waals surface area contributed by atoms with E-state index in [0.717, 1.165) is 42.8 Å². The van der Waals surface area contributed by atoms with Crippen LogP contribution in [0.25, 0.3) is 0 Å². The number of nitrogens with zero attached hydrogens (tertiary/aromatic N) is 1. The van der Waals surface area contributed by atoms with Crippen molar-refractivity contribution in [2.24, 2.45) is 5.41 Å². The molecule has 0 saturated heterocycles. The third kappa shape index (κ3) is 3.98. The molecular formula is C16H27N3O2S. The average molecular weight is 325 g/mol. The van der Waals surface area contributed by atoms with E-state index in [0.29, 0.717) is 6.54 Å². The smallest absolute Gasteiger partial charge is 0.315 e. The van der Waals surface area contributed by atoms with Crippen LogP contribution in [0.4, 0.5) is 4.79 Å². The maximum atomic E-state index is 12.0. The van der Waals surface area contributed by atoms with Crippen LogP contribution in [0.5, 0.6) is 0 Å². The second-order valence-corrected chi connectivity index (χ2v) is 7.66. The van der Waals surface area contributed by atoms with E-state index >= 15 is 0 Å². The summed E-state index contributed by atoms with van der Waals surface area (Å²) in [4.78, 5) is 17.8. The molecule has 0 spiro atoms. The SMILES string of the molecule is CCc1nc(CCNC(=O)NC2CCCC2(C)CO)sc1C. The Kier molecular flexibility index (Phi) is 5.81. The summed E-state index contributed by atoms with van der Waals surface area (Å²) < 4.78 is 0. The minimum absolute atomic E-state index is 0.0614. The highest BCUT2D eigenvalue weighted by atomic mass is 32.1. The Morgan fingerprint density at radius 2 is 2.32 bits per heavy atom. The summed E-state index contributed by atoms with van der Waals surface area (Å²) in [5.74, 6) is 0. The van der Waals surface area contributed by atoms with Crippen molar-refractivity contribution in [1.82, 2.24) is 15.6 Å². The number of hydrogen-bond acceptors (Lipinski definition) is 4. The Balaban J connectivity index is 1.76. The number of thiazole rings is 1. The molecule has 1 aromatic heterocycles. The van der Waals surface area contributed by atoms with Gasteiger partial charge < -0.3 is 15.7 Å². The Morgan fingerprint density at radius 1 is 1.55 bits per heavy atom. The molecule has 0 aliphatic heterocycles. The van der Waals surface area contributed by atoms with Crippen molar-refractivity contribution in [3.63, 3.8) is 0 Å². The predicted molar refractivity (Wildman–Crippen MR) is 89.3 cm³/mol. The van der Waals surface area contributed by atoms with E-state index < -0.39 is 0 Å². The quantitative estimate of drug-likeness (QED) is 0.752. The molecule has 2 unspecified atom stereocenters. The minimum atomic E-state index is -0.181. The first-order chi connectivity index (χ1) is 10.5. The first-order valence-corrected chi connectivity index (χ1v) is 8.90. The first kappa shape index (κ1) is 17.2. The molecule has 5 nitrogen and oxygen atoms in total. The van der Waals surface area contributed by atoms with Gasteiger partial charge in [-0.25, -0.2) is 9.78 Å². The van der Waals surface area contributed by atoms with Crippen molar-refractivity contribution < 1.29 is 9.90 Å². The molecule has 0 radical (unpaired) electrons. The van der Waals surface area contributed by atoms with E-state index in [4.69, 9.17) is 0 Å². The molecule has 0 bridgehead atoms. The Labute approximate surface area is 136 Å². The third-order valence-electron chi connectivity index (χ3n) is 4.64. The fourth-order valence-electron chi connectivity index (χ4n) is 3.08. The molecule has 2 rings (SSSR count). The number of urea groups is 1. The van der Waals surface area contributed by atoms with Gasteiger partial charge in [-0.15, -0.1) is 11.3 Å². The number of aryl methyl sites for hydroxylation is 2. The lowest BCUT2D eigenvalue weighted by molar-refractivity contribution is 0.121. The van der Waals surface area contributed by atoms with E-state index in [9.17, 15) is 9.90 Å². The molecule has 6 heteroatoms. The normalized spacial score (nSPS) is 24.5. The number of aliphatic hydroxyl groups excluding tert-OH is 1. The van der Waals surface area contributed by atoms with E-state index in [1.807, 2.05) is 6.92 Å². The van der Waals surface area contributed by atoms with Crippen LogP contribution in [-0.2, 0) is 12.8 Å². The summed E-state index contributed by atoms with van der Waals surface area (Å²) in [6.07, 6.45) is 4.68. The van der Waals surface area contributed by atoms with Crippen LogP contribution < -0.4 is 10.6 Å². The van der Waals surface area contributed by atoms with Crippen molar-refractivity contribution in [2.45, 2.75) is 58.9 Å². The molecule has 3 N–H and O–H groups in total. The molecule has 1 aliphatic carbocycles. The molecule has 0 aromatic carbocycles. The summed E-state index contributed by atoms with van der Waals surface area (Å²) >= 11 is 1.71. The molecule has 1 fully saturated rings. The first-order valence-electron chi connectivity index (χ1n) is 8.09. The van der Waals surface area contributed by atoms with Crippen molar-refractivity contribution in [1.29, 1.82) is 0 Å². The third-order valence-corrected chi connectivity index (χ3v) is 5.72. The topological polar surface area (TPSA) is 74.2 Å². The number of carbonyl (C=O) groups excluding carboxylic acids is 1. The van der Waals surface area contributed by atoms with Gasteiger partial charge in [0, 0.05) is 29.3 Å². The zero-order chi connectivity index (χ0) is 16.2. The minimum Gasteiger partial charge on any atom is -0.396 e. The number of carbonyl (C=O) groups is 1. The summed E-state index contributed by atoms with van der Waals surface area (Å²) in [6, 6.07) is -0.0816. The van der Waals surface area contributed by atoms with Gasteiger partial charge in [0.1, 0.15) is 0 Å². The lowest BCUT2D eigenvalue weighted by Crippen LogP contribution is -2.48. The fourth-order valence-corrected chi connectivity index (χ4v) is 4.10. The number of rotatable bonds is 6. The van der Waals surface area contributed by atoms with Gasteiger partial charge in [-0.3, -0.25) is 0 Å². The summed E-state index contributed by atoms with van der Waals surface area (Å²) in [5, 5.41) is 16.5. The number of hydrogen-bond donors (Lipinski definition) is 3. The van der Waals surface area contributed by atoms with Crippen molar-refractivity contribution in [3.8, 4) is 0 Å². The van der Waals surface area contributed by atoms with Crippen LogP contribution in [-0.4, -0.2) is 35.3 Å². The number of nitrogens with one attached hydrogen (secondary N) is 2. The molecule has 1 saturated carbocycles. The van der Waals surface area contributed by atoms with Crippen LogP contribution >= 0.6 is 11.3 Å². The van der Waals surface area contributed by atoms with Gasteiger partial charge >= 0.3 is 6.03 Å². The monoisotopic (exact) mass is 325 g/mol. The molecule has 1 aromatic rings. The van der Waals surface area contributed by atoms with E-state index in [1.54, 1.807) is 11.3 Å². The van der Waals surface area contributed by atoms with Gasteiger partial charge in [0.05, 0.1) is 17.3 Å². The molecule has 124 valence electrons. The van der Waals surface area contributed by atoms with Crippen molar-refractivity contribution in [3.05, 3.63) is 15.6 Å². The van der Waals surface area contributed by atoms with Crippen LogP contribution in [0.15, 0.2) is 0 Å². The Hall–Kier alpha value is -1.14. The lowest BCUT2D eigenvalue weighted by atomic mass is 9.86. The van der Waals surface area contributed by atoms with Gasteiger partial charge in [0.25, 0.3) is 0 Å². The summed E-state index contributed by atoms with van der Waals surface area (Å²) in [5.41, 5.74) is 0.980. The van der Waals surface area contributed by atoms with Gasteiger partial charge in [0.2, 0.25) is 0 Å². The van der Waals surface area contributed by atoms with E-state index in [-0.39, 0.29) is 24.1 Å². The van der Waals surface area contributed by atoms with Crippen LogP contribution in [0.2, 0.25) is 0 Å². The van der Waals surface area contributed by atoms with Crippen molar-refractivity contribution in [2.75, 3.05) is 13.2 Å². The van der Waals surface area contributed by atoms with Gasteiger partial charge in [-0.05, 0) is 26.2 Å². The number of aromatic nitrogens is 1. The van der Waals surface area contributed by atoms with Gasteiger partial charge in [-0.2, -0.15) is 0 Å². The Bertz CT molecular complexity index is 517. The highest BCUT2D eigenvalue weighted by Crippen LogP contribution is 2.37. The van der Waals surface area contributed by atoms with Crippen LogP contribution in [0.3, 0.4) is 0 Å². The molecule has 2 atom stereocenters. The fraction of sp³-hybridized carbons (Fsp3) is 0.750. The zero-order valence-corrected chi connectivity index (χ0v) is 14.6. The maximum absolute atomic E-state index is 12.0. The molecule has 22 heavy (non-hydrogen) atoms. The molecule has 1 aliphatic rings. The molecular weight excluding hydrogens is 298 g/mol. The molecule has 2 amide bonds. The largest absolute Gasteiger partial charge is 0.396 e. The second-order valence-electron chi connectivity index (χ2n) is 6.37. The summed E-state index contributed by atoms with van der Waals surface area (Å²) in [7, 11) is 0. The van der Waals surface area contributed by atoms with Crippen LogP contribution in [0.1, 0.15) is 48.7 Å². The lowest BCUT2D eigenvalue weighted by Gasteiger charge is -2.30. The van der Waals surface area contributed by atoms with Crippen LogP contribution in [0, 0.1) is 12.3 Å². The second kappa shape index (κ2) is 7.42. The standard InChI is InChI=1S/C16H27N3O2S/c1-4-12-11(2)22-14(18-12)7-9-17-15(21)19-13-6-5-8-16(13,3)10-20/h13,20H,4-10H2,1-3H3,(H2,17,19,21). The Morgan fingerprint density at radius 3 is 2.95 bits per heavy atom. The predicted octanol–water partition coefficient (Wildman–Crippen LogP) is 2.41. The summed E-state index contributed by atoms with van der Waals surface area (Å²) in [6.45, 7) is 6.95. The van der Waals surface area contributed by atoms with E-state index in [2.05, 4.69) is 29.5 Å². The van der Waals surface area contributed by atoms with Crippen molar-refractivity contribution >= 4 is 17.4 Å². The molecule has 1 heterocycles. The van der Waals surface area contributed by atoms with Gasteiger partial charge in [-0.1, -0.05) is 20.3 Å². The maximum Gasteiger partial charge on any atom is 0.315 e. The number of amides is 2. The highest BCUT2D eigenvalue weighted by Gasteiger charge is 2.39. The van der Waals surface area contributed by atoms with Gasteiger partial charge in [0.15, 0.2) is 0 Å². The highest BCUT2D eigenvalue weighted by molar-refractivity contribution is 7.11. The van der Waals surface area contributed by atoms with E-state index in [1.165, 1.54) is 4.88 Å². The number of aliphatic hydroxyl groups is 1. The zero-order valence-electron chi connectivity index (χ0n) is 13.7. The average Bonchev–Trinajstić information content (AvgIpc) is 3.03.